The first-order valence-corrected chi connectivity index (χ1v) is 3.41. The second-order valence-corrected chi connectivity index (χ2v) is 1.97. The van der Waals surface area contributed by atoms with Crippen LogP contribution in [0.25, 0.3) is 0 Å². The molecule has 0 aliphatic rings. The van der Waals surface area contributed by atoms with Gasteiger partial charge < -0.3 is 20.4 Å². The number of hydrogen-bond donors (Lipinski definition) is 2. The summed E-state index contributed by atoms with van der Waals surface area (Å²) in [7, 11) is 0. The molecule has 0 aromatic rings. The molecule has 10 heavy (non-hydrogen) atoms. The van der Waals surface area contributed by atoms with Crippen molar-refractivity contribution in [2.24, 2.45) is 0 Å². The van der Waals surface area contributed by atoms with Crippen LogP contribution in [0.15, 0.2) is 0 Å². The second-order valence-electron chi connectivity index (χ2n) is 1.35. The first kappa shape index (κ1) is 13.0. The first-order valence-electron chi connectivity index (χ1n) is 2.34. The molecule has 0 aromatic carbocycles. The molecule has 0 aliphatic carbocycles. The Morgan fingerprint density at radius 3 is 1.60 bits per heavy atom. The third kappa shape index (κ3) is 6.54. The Morgan fingerprint density at radius 2 is 1.40 bits per heavy atom. The van der Waals surface area contributed by atoms with Crippen molar-refractivity contribution in [1.82, 2.24) is 0 Å². The van der Waals surface area contributed by atoms with E-state index in [4.69, 9.17) is 33.4 Å². The highest BCUT2D eigenvalue weighted by molar-refractivity contribution is 6.18. The van der Waals surface area contributed by atoms with Crippen LogP contribution in [-0.2, 0) is 4.74 Å². The van der Waals surface area contributed by atoms with E-state index in [-0.39, 0.29) is 17.2 Å². The van der Waals surface area contributed by atoms with Gasteiger partial charge in [0.1, 0.15) is 0 Å². The summed E-state index contributed by atoms with van der Waals surface area (Å²) >= 11 is 10.2. The number of hydrogen-bond acceptors (Lipinski definition) is 3. The highest BCUT2D eigenvalue weighted by Gasteiger charge is 2.07. The molecule has 4 nitrogen and oxygen atoms in total. The van der Waals surface area contributed by atoms with E-state index in [1.807, 2.05) is 0 Å². The van der Waals surface area contributed by atoms with Crippen molar-refractivity contribution in [3.05, 3.63) is 0 Å². The van der Waals surface area contributed by atoms with Gasteiger partial charge in [0, 0.05) is 0 Å². The van der Waals surface area contributed by atoms with Crippen molar-refractivity contribution in [2.45, 2.75) is 12.6 Å². The van der Waals surface area contributed by atoms with Crippen molar-refractivity contribution in [1.29, 1.82) is 0 Å². The van der Waals surface area contributed by atoms with E-state index < -0.39 is 12.6 Å². The van der Waals surface area contributed by atoms with Crippen molar-refractivity contribution < 1.29 is 20.4 Å². The summed E-state index contributed by atoms with van der Waals surface area (Å²) < 4.78 is 4.40. The predicted octanol–water partition coefficient (Wildman–Crippen LogP) is -0.707. The molecule has 0 amide bonds. The number of ether oxygens (including phenoxy) is 1. The van der Waals surface area contributed by atoms with Gasteiger partial charge in [0.25, 0.3) is 0 Å². The van der Waals surface area contributed by atoms with E-state index in [0.29, 0.717) is 0 Å². The van der Waals surface area contributed by atoms with E-state index in [9.17, 15) is 0 Å². The third-order valence-electron chi connectivity index (χ3n) is 0.578. The lowest BCUT2D eigenvalue weighted by molar-refractivity contribution is -0.187. The van der Waals surface area contributed by atoms with Crippen molar-refractivity contribution in [2.75, 3.05) is 11.8 Å². The van der Waals surface area contributed by atoms with Crippen molar-refractivity contribution in [3.63, 3.8) is 0 Å². The standard InChI is InChI=1S/C4H8Cl2O3.H2O/c5-1-3(7)9-4(8)2-6;/h3-4,7-8H,1-2H2;1H2. The largest absolute Gasteiger partial charge is 0.412 e. The summed E-state index contributed by atoms with van der Waals surface area (Å²) in [5.41, 5.74) is 0. The van der Waals surface area contributed by atoms with E-state index >= 15 is 0 Å². The molecule has 0 aromatic heterocycles. The normalized spacial score (nSPS) is 15.6. The summed E-state index contributed by atoms with van der Waals surface area (Å²) in [6.07, 6.45) is -2.28. The SMILES string of the molecule is O.OC(CCl)OC(O)CCl. The smallest absolute Gasteiger partial charge is 0.171 e. The van der Waals surface area contributed by atoms with Crippen LogP contribution in [0.1, 0.15) is 0 Å². The zero-order chi connectivity index (χ0) is 7.28. The Bertz CT molecular complexity index is 64.3. The second kappa shape index (κ2) is 7.53. The number of halogens is 2. The molecule has 0 heterocycles. The van der Waals surface area contributed by atoms with Gasteiger partial charge in [-0.25, -0.2) is 0 Å². The molecule has 2 unspecified atom stereocenters. The van der Waals surface area contributed by atoms with Gasteiger partial charge in [-0.3, -0.25) is 0 Å². The minimum atomic E-state index is -1.14. The quantitative estimate of drug-likeness (QED) is 0.457. The van der Waals surface area contributed by atoms with Gasteiger partial charge >= 0.3 is 0 Å². The topological polar surface area (TPSA) is 81.2 Å². The summed E-state index contributed by atoms with van der Waals surface area (Å²) in [6.45, 7) is 0. The third-order valence-corrected chi connectivity index (χ3v) is 1.11. The van der Waals surface area contributed by atoms with Crippen LogP contribution in [0.4, 0.5) is 0 Å². The Balaban J connectivity index is 0. The number of rotatable bonds is 4. The van der Waals surface area contributed by atoms with Gasteiger partial charge in [0.15, 0.2) is 12.6 Å². The van der Waals surface area contributed by atoms with E-state index in [1.165, 1.54) is 0 Å². The molecular weight excluding hydrogens is 183 g/mol. The minimum Gasteiger partial charge on any atom is -0.412 e. The number of aliphatic hydroxyl groups is 2. The van der Waals surface area contributed by atoms with E-state index in [0.717, 1.165) is 0 Å². The average Bonchev–Trinajstić information content (AvgIpc) is 1.87. The lowest BCUT2D eigenvalue weighted by Gasteiger charge is -2.11. The summed E-state index contributed by atoms with van der Waals surface area (Å²) in [4.78, 5) is 0. The Labute approximate surface area is 68.6 Å². The number of alkyl halides is 2. The molecule has 6 heteroatoms. The molecule has 0 aliphatic heterocycles. The lowest BCUT2D eigenvalue weighted by Crippen LogP contribution is -2.23. The minimum absolute atomic E-state index is 0. The highest BCUT2D eigenvalue weighted by atomic mass is 35.5. The molecule has 0 fully saturated rings. The van der Waals surface area contributed by atoms with Gasteiger partial charge in [0.05, 0.1) is 11.8 Å². The van der Waals surface area contributed by atoms with Crippen molar-refractivity contribution >= 4 is 23.2 Å². The Morgan fingerprint density at radius 1 is 1.10 bits per heavy atom. The molecule has 0 bridgehead atoms. The fraction of sp³-hybridized carbons (Fsp3) is 1.00. The van der Waals surface area contributed by atoms with Crippen LogP contribution in [0.2, 0.25) is 0 Å². The van der Waals surface area contributed by atoms with Crippen LogP contribution >= 0.6 is 23.2 Å². The molecule has 64 valence electrons. The fourth-order valence-corrected chi connectivity index (χ4v) is 0.400. The van der Waals surface area contributed by atoms with Gasteiger partial charge in [-0.15, -0.1) is 23.2 Å². The zero-order valence-corrected chi connectivity index (χ0v) is 6.64. The predicted molar refractivity (Wildman–Crippen MR) is 38.2 cm³/mol. The van der Waals surface area contributed by atoms with E-state index in [1.54, 1.807) is 0 Å². The molecular formula is C4H10Cl2O4. The maximum atomic E-state index is 8.59. The molecule has 0 saturated heterocycles. The lowest BCUT2D eigenvalue weighted by atomic mass is 10.7. The fourth-order valence-electron chi connectivity index (χ4n) is 0.254. The summed E-state index contributed by atoms with van der Waals surface area (Å²) in [5.74, 6) is -0.151. The zero-order valence-electron chi connectivity index (χ0n) is 5.13. The monoisotopic (exact) mass is 192 g/mol. The van der Waals surface area contributed by atoms with Gasteiger partial charge in [-0.2, -0.15) is 0 Å². The molecule has 0 radical (unpaired) electrons. The molecule has 2 atom stereocenters. The first-order chi connectivity index (χ1) is 4.20. The summed E-state index contributed by atoms with van der Waals surface area (Å²) in [6, 6.07) is 0. The van der Waals surface area contributed by atoms with Crippen LogP contribution in [0.5, 0.6) is 0 Å². The summed E-state index contributed by atoms with van der Waals surface area (Å²) in [5, 5.41) is 17.2. The molecule has 0 saturated carbocycles. The Hall–Kier alpha value is 0.420. The number of aliphatic hydroxyl groups excluding tert-OH is 2. The van der Waals surface area contributed by atoms with Crippen LogP contribution < -0.4 is 0 Å². The average molecular weight is 193 g/mol. The molecule has 0 spiro atoms. The molecule has 4 N–H and O–H groups in total. The van der Waals surface area contributed by atoms with Crippen LogP contribution in [0, 0.1) is 0 Å². The highest BCUT2D eigenvalue weighted by Crippen LogP contribution is 1.96. The van der Waals surface area contributed by atoms with Gasteiger partial charge in [-0.05, 0) is 0 Å². The maximum absolute atomic E-state index is 8.59. The van der Waals surface area contributed by atoms with Crippen LogP contribution in [-0.4, -0.2) is 40.0 Å². The Kier molecular flexibility index (Phi) is 9.82. The van der Waals surface area contributed by atoms with Gasteiger partial charge in [0.2, 0.25) is 0 Å². The van der Waals surface area contributed by atoms with Crippen molar-refractivity contribution in [3.8, 4) is 0 Å². The van der Waals surface area contributed by atoms with Gasteiger partial charge in [-0.1, -0.05) is 0 Å². The van der Waals surface area contributed by atoms with E-state index in [2.05, 4.69) is 4.74 Å². The maximum Gasteiger partial charge on any atom is 0.171 e. The molecule has 0 rings (SSSR count). The van der Waals surface area contributed by atoms with Crippen LogP contribution in [0.3, 0.4) is 0 Å².